The summed E-state index contributed by atoms with van der Waals surface area (Å²) in [5, 5.41) is 10.8. The predicted octanol–water partition coefficient (Wildman–Crippen LogP) is 3.28. The van der Waals surface area contributed by atoms with E-state index in [0.29, 0.717) is 0 Å². The zero-order valence-corrected chi connectivity index (χ0v) is 9.08. The maximum absolute atomic E-state index is 9.67. The van der Waals surface area contributed by atoms with Gasteiger partial charge in [-0.2, -0.15) is 0 Å². The molecule has 2 heteroatoms. The number of rotatable bonds is 3. The maximum atomic E-state index is 9.67. The van der Waals surface area contributed by atoms with E-state index >= 15 is 0 Å². The molecule has 0 bridgehead atoms. The summed E-state index contributed by atoms with van der Waals surface area (Å²) in [6.07, 6.45) is 11.0. The number of allylic oxidation sites excluding steroid dienone is 5. The van der Waals surface area contributed by atoms with Gasteiger partial charge in [0.15, 0.2) is 0 Å². The molecule has 2 rings (SSSR count). The average molecular weight is 213 g/mol. The zero-order valence-electron chi connectivity index (χ0n) is 9.08. The van der Waals surface area contributed by atoms with Gasteiger partial charge in [0, 0.05) is 11.9 Å². The molecular weight excluding hydrogens is 198 g/mol. The molecular formula is C14H15NO. The topological polar surface area (TPSA) is 23.5 Å². The van der Waals surface area contributed by atoms with Crippen molar-refractivity contribution in [2.45, 2.75) is 12.8 Å². The lowest BCUT2D eigenvalue weighted by atomic mass is 10.1. The molecule has 0 saturated heterocycles. The molecule has 0 aromatic heterocycles. The quantitative estimate of drug-likeness (QED) is 0.833. The lowest BCUT2D eigenvalue weighted by molar-refractivity contribution is -0.00708. The molecule has 2 nitrogen and oxygen atoms in total. The molecule has 0 spiro atoms. The van der Waals surface area contributed by atoms with Crippen molar-refractivity contribution in [3.8, 4) is 0 Å². The second kappa shape index (κ2) is 5.33. The lowest BCUT2D eigenvalue weighted by Gasteiger charge is -2.15. The molecule has 0 fully saturated rings. The minimum absolute atomic E-state index is 0.829. The van der Waals surface area contributed by atoms with Crippen molar-refractivity contribution in [1.82, 2.24) is 5.06 Å². The summed E-state index contributed by atoms with van der Waals surface area (Å²) in [6.45, 7) is 0. The van der Waals surface area contributed by atoms with Crippen molar-refractivity contribution in [3.05, 3.63) is 72.1 Å². The van der Waals surface area contributed by atoms with Crippen LogP contribution < -0.4 is 0 Å². The monoisotopic (exact) mass is 213 g/mol. The van der Waals surface area contributed by atoms with Crippen LogP contribution in [0.4, 0.5) is 0 Å². The van der Waals surface area contributed by atoms with Crippen LogP contribution in [0.2, 0.25) is 0 Å². The minimum atomic E-state index is 0.829. The average Bonchev–Trinajstić information content (AvgIpc) is 2.53. The first kappa shape index (κ1) is 10.7. The van der Waals surface area contributed by atoms with Gasteiger partial charge < -0.3 is 0 Å². The van der Waals surface area contributed by atoms with Gasteiger partial charge in [-0.25, -0.2) is 5.06 Å². The summed E-state index contributed by atoms with van der Waals surface area (Å²) in [5.41, 5.74) is 2.20. The van der Waals surface area contributed by atoms with E-state index in [2.05, 4.69) is 12.1 Å². The van der Waals surface area contributed by atoms with Gasteiger partial charge in [0.2, 0.25) is 0 Å². The first-order valence-electron chi connectivity index (χ1n) is 5.42. The third kappa shape index (κ3) is 2.84. The first-order valence-corrected chi connectivity index (χ1v) is 5.42. The smallest absolute Gasteiger partial charge is 0.0463 e. The molecule has 0 saturated carbocycles. The molecule has 1 N–H and O–H groups in total. The number of benzene rings is 1. The van der Waals surface area contributed by atoms with Crippen LogP contribution >= 0.6 is 0 Å². The molecule has 0 atom stereocenters. The summed E-state index contributed by atoms with van der Waals surface area (Å²) in [7, 11) is 0. The van der Waals surface area contributed by atoms with E-state index in [1.807, 2.05) is 42.5 Å². The Bertz CT molecular complexity index is 418. The van der Waals surface area contributed by atoms with Gasteiger partial charge in [-0.05, 0) is 30.6 Å². The number of hydroxylamine groups is 2. The van der Waals surface area contributed by atoms with Crippen LogP contribution in [-0.2, 0) is 6.42 Å². The van der Waals surface area contributed by atoms with Crippen LogP contribution in [-0.4, -0.2) is 10.3 Å². The number of aryl methyl sites for hydroxylation is 1. The van der Waals surface area contributed by atoms with Gasteiger partial charge in [-0.1, -0.05) is 42.5 Å². The Balaban J connectivity index is 1.98. The molecule has 1 aromatic carbocycles. The second-order valence-corrected chi connectivity index (χ2v) is 3.71. The highest BCUT2D eigenvalue weighted by atomic mass is 16.5. The Morgan fingerprint density at radius 1 is 0.938 bits per heavy atom. The van der Waals surface area contributed by atoms with Crippen molar-refractivity contribution in [2.24, 2.45) is 0 Å². The zero-order chi connectivity index (χ0) is 11.2. The van der Waals surface area contributed by atoms with Crippen LogP contribution in [0.15, 0.2) is 66.5 Å². The first-order chi connectivity index (χ1) is 7.86. The van der Waals surface area contributed by atoms with Crippen LogP contribution in [0.1, 0.15) is 12.0 Å². The van der Waals surface area contributed by atoms with Crippen molar-refractivity contribution in [2.75, 3.05) is 0 Å². The summed E-state index contributed by atoms with van der Waals surface area (Å²) < 4.78 is 0. The largest absolute Gasteiger partial charge is 0.284 e. The number of nitrogens with zero attached hydrogens (tertiary/aromatic N) is 1. The third-order valence-corrected chi connectivity index (χ3v) is 2.55. The molecule has 1 aliphatic heterocycles. The molecule has 0 unspecified atom stereocenters. The van der Waals surface area contributed by atoms with E-state index in [0.717, 1.165) is 18.5 Å². The fourth-order valence-corrected chi connectivity index (χ4v) is 1.65. The fourth-order valence-electron chi connectivity index (χ4n) is 1.65. The van der Waals surface area contributed by atoms with Crippen molar-refractivity contribution in [3.63, 3.8) is 0 Å². The second-order valence-electron chi connectivity index (χ2n) is 3.71. The SMILES string of the molecule is ON1C=CC=CC=C1CCc1ccccc1. The van der Waals surface area contributed by atoms with E-state index in [4.69, 9.17) is 0 Å². The highest BCUT2D eigenvalue weighted by Gasteiger charge is 2.04. The molecule has 16 heavy (non-hydrogen) atoms. The van der Waals surface area contributed by atoms with E-state index in [-0.39, 0.29) is 0 Å². The van der Waals surface area contributed by atoms with E-state index in [1.165, 1.54) is 10.6 Å². The van der Waals surface area contributed by atoms with E-state index in [9.17, 15) is 5.21 Å². The van der Waals surface area contributed by atoms with Crippen LogP contribution in [0.25, 0.3) is 0 Å². The summed E-state index contributed by atoms with van der Waals surface area (Å²) >= 11 is 0. The van der Waals surface area contributed by atoms with Gasteiger partial charge in [0.1, 0.15) is 0 Å². The van der Waals surface area contributed by atoms with Gasteiger partial charge in [0.25, 0.3) is 0 Å². The number of hydrogen-bond acceptors (Lipinski definition) is 2. The molecule has 0 aliphatic carbocycles. The van der Waals surface area contributed by atoms with Crippen LogP contribution in [0.5, 0.6) is 0 Å². The predicted molar refractivity (Wildman–Crippen MR) is 64.8 cm³/mol. The number of hydrogen-bond donors (Lipinski definition) is 1. The van der Waals surface area contributed by atoms with Crippen molar-refractivity contribution < 1.29 is 5.21 Å². The standard InChI is InChI=1S/C14H15NO/c16-15-12-6-2-5-9-14(15)11-10-13-7-3-1-4-8-13/h1-9,12,16H,10-11H2. The molecule has 82 valence electrons. The Morgan fingerprint density at radius 2 is 1.75 bits per heavy atom. The summed E-state index contributed by atoms with van der Waals surface area (Å²) in [6, 6.07) is 10.3. The normalized spacial score (nSPS) is 14.8. The Kier molecular flexibility index (Phi) is 3.57. The van der Waals surface area contributed by atoms with Crippen LogP contribution in [0.3, 0.4) is 0 Å². The molecule has 0 radical (unpaired) electrons. The third-order valence-electron chi connectivity index (χ3n) is 2.55. The van der Waals surface area contributed by atoms with Crippen LogP contribution in [0, 0.1) is 0 Å². The van der Waals surface area contributed by atoms with Gasteiger partial charge in [-0.3, -0.25) is 5.21 Å². The van der Waals surface area contributed by atoms with Gasteiger partial charge in [0.05, 0.1) is 0 Å². The van der Waals surface area contributed by atoms with Gasteiger partial charge in [-0.15, -0.1) is 0 Å². The van der Waals surface area contributed by atoms with E-state index in [1.54, 1.807) is 6.20 Å². The highest BCUT2D eigenvalue weighted by Crippen LogP contribution is 2.14. The van der Waals surface area contributed by atoms with Crippen molar-refractivity contribution >= 4 is 0 Å². The molecule has 1 heterocycles. The maximum Gasteiger partial charge on any atom is 0.0463 e. The summed E-state index contributed by atoms with van der Waals surface area (Å²) in [4.78, 5) is 0. The van der Waals surface area contributed by atoms with Crippen molar-refractivity contribution in [1.29, 1.82) is 0 Å². The highest BCUT2D eigenvalue weighted by molar-refractivity contribution is 5.22. The van der Waals surface area contributed by atoms with Gasteiger partial charge >= 0.3 is 0 Å². The molecule has 1 aliphatic rings. The summed E-state index contributed by atoms with van der Waals surface area (Å²) in [5.74, 6) is 0. The Morgan fingerprint density at radius 3 is 2.56 bits per heavy atom. The molecule has 0 amide bonds. The Hall–Kier alpha value is -1.80. The molecule has 1 aromatic rings. The fraction of sp³-hybridized carbons (Fsp3) is 0.143. The van der Waals surface area contributed by atoms with E-state index < -0.39 is 0 Å². The Labute approximate surface area is 95.8 Å². The minimum Gasteiger partial charge on any atom is -0.284 e. The lowest BCUT2D eigenvalue weighted by Crippen LogP contribution is -2.11.